The molecule has 0 bridgehead atoms. The Labute approximate surface area is 165 Å². The van der Waals surface area contributed by atoms with Crippen molar-refractivity contribution in [2.75, 3.05) is 26.3 Å². The lowest BCUT2D eigenvalue weighted by Crippen LogP contribution is -2.43. The van der Waals surface area contributed by atoms with E-state index in [1.807, 2.05) is 18.2 Å². The zero-order valence-electron chi connectivity index (χ0n) is 15.6. The molecule has 1 saturated heterocycles. The Morgan fingerprint density at radius 2 is 1.96 bits per heavy atom. The van der Waals surface area contributed by atoms with Gasteiger partial charge in [-0.05, 0) is 37.1 Å². The van der Waals surface area contributed by atoms with Gasteiger partial charge >= 0.3 is 0 Å². The molecule has 0 amide bonds. The van der Waals surface area contributed by atoms with Gasteiger partial charge in [-0.2, -0.15) is 4.31 Å². The summed E-state index contributed by atoms with van der Waals surface area (Å²) in [5.74, 6) is 1.07. The zero-order valence-corrected chi connectivity index (χ0v) is 16.4. The summed E-state index contributed by atoms with van der Waals surface area (Å²) >= 11 is 0. The summed E-state index contributed by atoms with van der Waals surface area (Å²) in [4.78, 5) is 4.47. The third-order valence-electron chi connectivity index (χ3n) is 4.89. The maximum absolute atomic E-state index is 13.1. The first-order valence-electron chi connectivity index (χ1n) is 9.54. The predicted molar refractivity (Wildman–Crippen MR) is 103 cm³/mol. The van der Waals surface area contributed by atoms with E-state index in [0.717, 1.165) is 25.0 Å². The van der Waals surface area contributed by atoms with Crippen molar-refractivity contribution in [3.63, 3.8) is 0 Å². The van der Waals surface area contributed by atoms with Gasteiger partial charge in [0.1, 0.15) is 0 Å². The van der Waals surface area contributed by atoms with Crippen molar-refractivity contribution in [2.24, 2.45) is 0 Å². The first-order valence-corrected chi connectivity index (χ1v) is 11.0. The van der Waals surface area contributed by atoms with Crippen LogP contribution in [0.4, 0.5) is 0 Å². The number of rotatable bonds is 5. The molecule has 8 heteroatoms. The van der Waals surface area contributed by atoms with E-state index in [0.29, 0.717) is 44.4 Å². The first kappa shape index (κ1) is 19.2. The molecule has 4 rings (SSSR count). The minimum Gasteiger partial charge on any atom is -0.490 e. The van der Waals surface area contributed by atoms with Crippen molar-refractivity contribution in [1.82, 2.24) is 9.29 Å². The van der Waals surface area contributed by atoms with E-state index in [1.165, 1.54) is 4.31 Å². The van der Waals surface area contributed by atoms with E-state index >= 15 is 0 Å². The molecular formula is C20H24N2O5S. The number of pyridine rings is 1. The number of ether oxygens (including phenoxy) is 3. The fraction of sp³-hybridized carbons (Fsp3) is 0.450. The third kappa shape index (κ3) is 4.29. The smallest absolute Gasteiger partial charge is 0.243 e. The highest BCUT2D eigenvalue weighted by Gasteiger charge is 2.31. The van der Waals surface area contributed by atoms with E-state index in [-0.39, 0.29) is 11.0 Å². The average molecular weight is 404 g/mol. The Kier molecular flexibility index (Phi) is 5.79. The molecule has 0 aliphatic carbocycles. The summed E-state index contributed by atoms with van der Waals surface area (Å²) in [6.07, 6.45) is 3.95. The van der Waals surface area contributed by atoms with Crippen LogP contribution in [-0.4, -0.2) is 50.1 Å². The average Bonchev–Trinajstić information content (AvgIpc) is 2.98. The molecule has 150 valence electrons. The monoisotopic (exact) mass is 404 g/mol. The number of hydrogen-bond acceptors (Lipinski definition) is 6. The van der Waals surface area contributed by atoms with Crippen molar-refractivity contribution < 1.29 is 22.6 Å². The first-order chi connectivity index (χ1) is 13.6. The molecule has 1 atom stereocenters. The highest BCUT2D eigenvalue weighted by Crippen LogP contribution is 2.33. The van der Waals surface area contributed by atoms with Crippen LogP contribution in [0, 0.1) is 0 Å². The third-order valence-corrected chi connectivity index (χ3v) is 6.75. The highest BCUT2D eigenvalue weighted by molar-refractivity contribution is 7.89. The van der Waals surface area contributed by atoms with Crippen molar-refractivity contribution in [3.8, 4) is 11.5 Å². The van der Waals surface area contributed by atoms with Gasteiger partial charge in [-0.1, -0.05) is 6.07 Å². The SMILES string of the molecule is O=S(=O)(c1ccc2c(c1)OCCCO2)N1CCCC(OCc2ccccn2)C1. The number of hydrogen-bond donors (Lipinski definition) is 0. The summed E-state index contributed by atoms with van der Waals surface area (Å²) in [5.41, 5.74) is 0.838. The predicted octanol–water partition coefficient (Wildman–Crippen LogP) is 2.61. The second-order valence-corrected chi connectivity index (χ2v) is 8.86. The van der Waals surface area contributed by atoms with Gasteiger partial charge < -0.3 is 14.2 Å². The Bertz CT molecular complexity index is 904. The van der Waals surface area contributed by atoms with E-state index < -0.39 is 10.0 Å². The molecule has 1 unspecified atom stereocenters. The standard InChI is InChI=1S/C20H24N2O5S/c23-28(24,18-7-8-19-20(13-18)26-12-4-11-25-19)22-10-3-6-17(14-22)27-15-16-5-1-2-9-21-16/h1-2,5,7-9,13,17H,3-4,6,10-12,14-15H2. The molecule has 0 saturated carbocycles. The molecule has 2 aliphatic heterocycles. The quantitative estimate of drug-likeness (QED) is 0.762. The number of fused-ring (bicyclic) bond motifs is 1. The van der Waals surface area contributed by atoms with Gasteiger partial charge in [0.15, 0.2) is 11.5 Å². The molecule has 2 aliphatic rings. The Morgan fingerprint density at radius 3 is 2.79 bits per heavy atom. The molecule has 0 spiro atoms. The molecule has 1 fully saturated rings. The van der Waals surface area contributed by atoms with Gasteiger partial charge in [0, 0.05) is 31.8 Å². The van der Waals surface area contributed by atoms with Crippen LogP contribution in [0.5, 0.6) is 11.5 Å². The molecule has 28 heavy (non-hydrogen) atoms. The van der Waals surface area contributed by atoms with E-state index in [2.05, 4.69) is 4.98 Å². The number of sulfonamides is 1. The van der Waals surface area contributed by atoms with Crippen LogP contribution in [0.15, 0.2) is 47.5 Å². The van der Waals surface area contributed by atoms with Crippen LogP contribution in [0.25, 0.3) is 0 Å². The molecule has 1 aromatic carbocycles. The summed E-state index contributed by atoms with van der Waals surface area (Å²) < 4.78 is 44.9. The van der Waals surface area contributed by atoms with Gasteiger partial charge in [-0.25, -0.2) is 8.42 Å². The van der Waals surface area contributed by atoms with Gasteiger partial charge in [0.05, 0.1) is 36.5 Å². The van der Waals surface area contributed by atoms with Crippen LogP contribution >= 0.6 is 0 Å². The van der Waals surface area contributed by atoms with Crippen LogP contribution in [0.2, 0.25) is 0 Å². The lowest BCUT2D eigenvalue weighted by Gasteiger charge is -2.32. The highest BCUT2D eigenvalue weighted by atomic mass is 32.2. The number of benzene rings is 1. The number of piperidine rings is 1. The molecule has 1 aromatic heterocycles. The maximum Gasteiger partial charge on any atom is 0.243 e. The molecule has 0 N–H and O–H groups in total. The number of aromatic nitrogens is 1. The molecule has 2 aromatic rings. The summed E-state index contributed by atoms with van der Waals surface area (Å²) in [6.45, 7) is 2.29. The minimum atomic E-state index is -3.62. The Hall–Kier alpha value is -2.16. The van der Waals surface area contributed by atoms with Gasteiger partial charge in [0.2, 0.25) is 10.0 Å². The van der Waals surface area contributed by atoms with Gasteiger partial charge in [0.25, 0.3) is 0 Å². The van der Waals surface area contributed by atoms with E-state index in [1.54, 1.807) is 24.4 Å². The minimum absolute atomic E-state index is 0.147. The zero-order chi connectivity index (χ0) is 19.4. The second kappa shape index (κ2) is 8.46. The van der Waals surface area contributed by atoms with Crippen molar-refractivity contribution in [2.45, 2.75) is 36.9 Å². The topological polar surface area (TPSA) is 78.0 Å². The maximum atomic E-state index is 13.1. The summed E-state index contributed by atoms with van der Waals surface area (Å²) in [5, 5.41) is 0. The van der Waals surface area contributed by atoms with Gasteiger partial charge in [-0.15, -0.1) is 0 Å². The second-order valence-electron chi connectivity index (χ2n) is 6.92. The lowest BCUT2D eigenvalue weighted by molar-refractivity contribution is 0.00665. The molecule has 7 nitrogen and oxygen atoms in total. The van der Waals surface area contributed by atoms with Crippen molar-refractivity contribution in [1.29, 1.82) is 0 Å². The normalized spacial score (nSPS) is 20.5. The van der Waals surface area contributed by atoms with Crippen molar-refractivity contribution >= 4 is 10.0 Å². The van der Waals surface area contributed by atoms with Crippen LogP contribution in [-0.2, 0) is 21.4 Å². The Balaban J connectivity index is 1.45. The summed E-state index contributed by atoms with van der Waals surface area (Å²) in [7, 11) is -3.62. The van der Waals surface area contributed by atoms with Gasteiger partial charge in [-0.3, -0.25) is 4.98 Å². The number of nitrogens with zero attached hydrogens (tertiary/aromatic N) is 2. The van der Waals surface area contributed by atoms with E-state index in [9.17, 15) is 8.42 Å². The summed E-state index contributed by atoms with van der Waals surface area (Å²) in [6, 6.07) is 10.5. The fourth-order valence-electron chi connectivity index (χ4n) is 3.40. The van der Waals surface area contributed by atoms with Crippen molar-refractivity contribution in [3.05, 3.63) is 48.3 Å². The van der Waals surface area contributed by atoms with Crippen LogP contribution < -0.4 is 9.47 Å². The molecule has 0 radical (unpaired) electrons. The largest absolute Gasteiger partial charge is 0.490 e. The lowest BCUT2D eigenvalue weighted by atomic mass is 10.1. The molecule has 3 heterocycles. The Morgan fingerprint density at radius 1 is 1.11 bits per heavy atom. The van der Waals surface area contributed by atoms with Crippen LogP contribution in [0.3, 0.4) is 0 Å². The van der Waals surface area contributed by atoms with E-state index in [4.69, 9.17) is 14.2 Å². The fourth-order valence-corrected chi connectivity index (χ4v) is 4.93. The van der Waals surface area contributed by atoms with Crippen LogP contribution in [0.1, 0.15) is 25.0 Å². The molecular weight excluding hydrogens is 380 g/mol.